The summed E-state index contributed by atoms with van der Waals surface area (Å²) in [5.41, 5.74) is 7.02. The molecule has 1 unspecified atom stereocenters. The van der Waals surface area contributed by atoms with E-state index in [9.17, 15) is 9.90 Å². The monoisotopic (exact) mass is 383 g/mol. The molecular weight excluding hydrogens is 362 g/mol. The molecule has 0 aliphatic heterocycles. The number of nitrogen functional groups attached to an aromatic ring is 1. The number of anilines is 1. The van der Waals surface area contributed by atoms with Gasteiger partial charge in [0.25, 0.3) is 5.91 Å². The smallest absolute Gasteiger partial charge is 0.255 e. The van der Waals surface area contributed by atoms with E-state index in [-0.39, 0.29) is 23.0 Å². The Kier molecular flexibility index (Phi) is 5.93. The molecule has 0 saturated carbocycles. The Balaban J connectivity index is 1.85. The van der Waals surface area contributed by atoms with Crippen LogP contribution < -0.4 is 15.8 Å². The van der Waals surface area contributed by atoms with Gasteiger partial charge in [-0.2, -0.15) is 4.98 Å². The highest BCUT2D eigenvalue weighted by molar-refractivity contribution is 7.10. The highest BCUT2D eigenvalue weighted by Crippen LogP contribution is 2.29. The van der Waals surface area contributed by atoms with Gasteiger partial charge in [0.1, 0.15) is 11.6 Å². The van der Waals surface area contributed by atoms with E-state index in [2.05, 4.69) is 10.3 Å². The lowest BCUT2D eigenvalue weighted by Gasteiger charge is -2.19. The number of amides is 1. The quantitative estimate of drug-likeness (QED) is 0.577. The maximum Gasteiger partial charge on any atom is 0.255 e. The first-order valence-electron chi connectivity index (χ1n) is 8.61. The van der Waals surface area contributed by atoms with E-state index in [1.165, 1.54) is 11.3 Å². The largest absolute Gasteiger partial charge is 0.508 e. The van der Waals surface area contributed by atoms with Crippen molar-refractivity contribution in [2.24, 2.45) is 0 Å². The van der Waals surface area contributed by atoms with Crippen LogP contribution in [0.3, 0.4) is 0 Å². The van der Waals surface area contributed by atoms with Crippen molar-refractivity contribution in [2.45, 2.75) is 19.4 Å². The van der Waals surface area contributed by atoms with Crippen LogP contribution in [0, 0.1) is 0 Å². The van der Waals surface area contributed by atoms with Crippen LogP contribution in [0.5, 0.6) is 11.6 Å². The Hall–Kier alpha value is -3.06. The fraction of sp³-hybridized carbons (Fsp3) is 0.200. The third-order valence-corrected chi connectivity index (χ3v) is 4.84. The summed E-state index contributed by atoms with van der Waals surface area (Å²) in [7, 11) is 0. The molecule has 0 aliphatic carbocycles. The van der Waals surface area contributed by atoms with Crippen molar-refractivity contribution >= 4 is 23.1 Å². The molecule has 0 bridgehead atoms. The summed E-state index contributed by atoms with van der Waals surface area (Å²) in [5.74, 6) is 0.307. The minimum atomic E-state index is -0.403. The predicted octanol–water partition coefficient (Wildman–Crippen LogP) is 3.74. The van der Waals surface area contributed by atoms with Crippen LogP contribution in [0.1, 0.15) is 40.2 Å². The van der Waals surface area contributed by atoms with Crippen molar-refractivity contribution in [3.8, 4) is 11.6 Å². The number of benzene rings is 1. The average Bonchev–Trinajstić information content (AvgIpc) is 3.18. The van der Waals surface area contributed by atoms with Crippen LogP contribution >= 0.6 is 11.3 Å². The van der Waals surface area contributed by atoms with Gasteiger partial charge in [-0.05, 0) is 41.6 Å². The minimum Gasteiger partial charge on any atom is -0.508 e. The number of carbonyl (C=O) groups is 1. The number of pyridine rings is 1. The molecular formula is C20H21N3O3S. The molecule has 2 heterocycles. The first-order chi connectivity index (χ1) is 13.1. The number of nitrogens with zero attached hydrogens (tertiary/aromatic N) is 1. The number of thiophene rings is 1. The molecule has 3 aromatic rings. The van der Waals surface area contributed by atoms with Gasteiger partial charge in [-0.25, -0.2) is 0 Å². The lowest BCUT2D eigenvalue weighted by molar-refractivity contribution is 0.0944. The molecule has 4 N–H and O–H groups in total. The van der Waals surface area contributed by atoms with Gasteiger partial charge in [0, 0.05) is 10.9 Å². The Morgan fingerprint density at radius 1 is 1.30 bits per heavy atom. The molecule has 1 atom stereocenters. The number of ether oxygens (including phenoxy) is 1. The summed E-state index contributed by atoms with van der Waals surface area (Å²) in [5, 5.41) is 14.7. The molecule has 0 fully saturated rings. The highest BCUT2D eigenvalue weighted by Gasteiger charge is 2.21. The SMILES string of the molecule is CCCOc1ccc(C(=O)NC(c2cccc(O)c2)c2cccs2)c(N)n1. The average molecular weight is 383 g/mol. The predicted molar refractivity (Wildman–Crippen MR) is 106 cm³/mol. The lowest BCUT2D eigenvalue weighted by atomic mass is 10.0. The fourth-order valence-corrected chi connectivity index (χ4v) is 3.43. The van der Waals surface area contributed by atoms with Crippen molar-refractivity contribution in [2.75, 3.05) is 12.3 Å². The van der Waals surface area contributed by atoms with Gasteiger partial charge in [-0.1, -0.05) is 25.1 Å². The number of rotatable bonds is 7. The number of phenols is 1. The van der Waals surface area contributed by atoms with E-state index < -0.39 is 6.04 Å². The fourth-order valence-electron chi connectivity index (χ4n) is 2.62. The number of aromatic hydroxyl groups is 1. The second-order valence-electron chi connectivity index (χ2n) is 5.95. The van der Waals surface area contributed by atoms with E-state index >= 15 is 0 Å². The third-order valence-electron chi connectivity index (χ3n) is 3.90. The zero-order chi connectivity index (χ0) is 19.2. The van der Waals surface area contributed by atoms with Gasteiger partial charge < -0.3 is 20.9 Å². The van der Waals surface area contributed by atoms with Crippen LogP contribution in [0.2, 0.25) is 0 Å². The number of hydrogen-bond acceptors (Lipinski definition) is 6. The number of phenolic OH excluding ortho intramolecular Hbond substituents is 1. The molecule has 2 aromatic heterocycles. The second kappa shape index (κ2) is 8.55. The Morgan fingerprint density at radius 3 is 2.81 bits per heavy atom. The Morgan fingerprint density at radius 2 is 2.15 bits per heavy atom. The Labute approximate surface area is 161 Å². The van der Waals surface area contributed by atoms with Gasteiger partial charge in [0.2, 0.25) is 5.88 Å². The van der Waals surface area contributed by atoms with Crippen LogP contribution in [0.15, 0.2) is 53.9 Å². The van der Waals surface area contributed by atoms with Crippen molar-refractivity contribution in [1.29, 1.82) is 0 Å². The molecule has 1 amide bonds. The number of nitrogens with one attached hydrogen (secondary N) is 1. The maximum atomic E-state index is 12.8. The molecule has 0 radical (unpaired) electrons. The molecule has 1 aromatic carbocycles. The number of nitrogens with two attached hydrogens (primary N) is 1. The second-order valence-corrected chi connectivity index (χ2v) is 6.93. The van der Waals surface area contributed by atoms with Gasteiger partial charge in [0.05, 0.1) is 18.2 Å². The first-order valence-corrected chi connectivity index (χ1v) is 9.49. The topological polar surface area (TPSA) is 97.5 Å². The summed E-state index contributed by atoms with van der Waals surface area (Å²) < 4.78 is 5.44. The standard InChI is InChI=1S/C20H21N3O3S/c1-2-10-26-17-9-8-15(19(21)22-17)20(25)23-18(16-7-4-11-27-16)13-5-3-6-14(24)12-13/h3-9,11-12,18,24H,2,10H2,1H3,(H2,21,22)(H,23,25). The molecule has 0 spiro atoms. The summed E-state index contributed by atoms with van der Waals surface area (Å²) >= 11 is 1.52. The van der Waals surface area contributed by atoms with Crippen LogP contribution in [-0.4, -0.2) is 22.6 Å². The summed E-state index contributed by atoms with van der Waals surface area (Å²) in [6.07, 6.45) is 0.857. The molecule has 140 valence electrons. The minimum absolute atomic E-state index is 0.113. The molecule has 7 heteroatoms. The van der Waals surface area contributed by atoms with Crippen molar-refractivity contribution in [3.63, 3.8) is 0 Å². The van der Waals surface area contributed by atoms with E-state index in [4.69, 9.17) is 10.5 Å². The maximum absolute atomic E-state index is 12.8. The summed E-state index contributed by atoms with van der Waals surface area (Å²) in [6.45, 7) is 2.53. The molecule has 27 heavy (non-hydrogen) atoms. The van der Waals surface area contributed by atoms with E-state index in [1.54, 1.807) is 30.3 Å². The molecule has 0 saturated heterocycles. The van der Waals surface area contributed by atoms with E-state index in [1.807, 2.05) is 30.5 Å². The zero-order valence-corrected chi connectivity index (χ0v) is 15.7. The van der Waals surface area contributed by atoms with Gasteiger partial charge in [0.15, 0.2) is 0 Å². The zero-order valence-electron chi connectivity index (χ0n) is 14.9. The van der Waals surface area contributed by atoms with Gasteiger partial charge in [-0.15, -0.1) is 11.3 Å². The van der Waals surface area contributed by atoms with E-state index in [0.29, 0.717) is 12.5 Å². The number of carbonyl (C=O) groups excluding carboxylic acids is 1. The molecule has 3 rings (SSSR count). The first kappa shape index (κ1) is 18.7. The van der Waals surface area contributed by atoms with Crippen molar-refractivity contribution in [3.05, 3.63) is 69.9 Å². The highest BCUT2D eigenvalue weighted by atomic mass is 32.1. The number of aromatic nitrogens is 1. The van der Waals surface area contributed by atoms with Crippen LogP contribution in [0.4, 0.5) is 5.82 Å². The van der Waals surface area contributed by atoms with Crippen LogP contribution in [0.25, 0.3) is 0 Å². The van der Waals surface area contributed by atoms with Crippen molar-refractivity contribution < 1.29 is 14.6 Å². The molecule has 0 aliphatic rings. The van der Waals surface area contributed by atoms with Gasteiger partial charge >= 0.3 is 0 Å². The van der Waals surface area contributed by atoms with Crippen LogP contribution in [-0.2, 0) is 0 Å². The van der Waals surface area contributed by atoms with Crippen molar-refractivity contribution in [1.82, 2.24) is 10.3 Å². The summed E-state index contributed by atoms with van der Waals surface area (Å²) in [4.78, 5) is 17.9. The lowest BCUT2D eigenvalue weighted by Crippen LogP contribution is -2.29. The molecule has 6 nitrogen and oxygen atoms in total. The normalized spacial score (nSPS) is 11.7. The van der Waals surface area contributed by atoms with Gasteiger partial charge in [-0.3, -0.25) is 4.79 Å². The van der Waals surface area contributed by atoms with E-state index in [0.717, 1.165) is 16.9 Å². The Bertz CT molecular complexity index is 913. The summed E-state index contributed by atoms with van der Waals surface area (Å²) in [6, 6.07) is 13.5. The number of hydrogen-bond donors (Lipinski definition) is 3. The third kappa shape index (κ3) is 4.57.